The molecule has 0 aliphatic rings. The Kier molecular flexibility index (Phi) is 66.7. The molecule has 0 rings (SSSR count). The molecule has 0 spiro atoms. The minimum Gasteiger partial charge on any atom is -0.465 e. The molecule has 85 heavy (non-hydrogen) atoms. The van der Waals surface area contributed by atoms with Crippen molar-refractivity contribution in [1.82, 2.24) is 0 Å². The van der Waals surface area contributed by atoms with Gasteiger partial charge in [0.05, 0.1) is 0 Å². The van der Waals surface area contributed by atoms with Gasteiger partial charge in [0.2, 0.25) is 0 Å². The van der Waals surface area contributed by atoms with E-state index in [1.54, 1.807) is 0 Å². The molecule has 0 radical (unpaired) electrons. The Hall–Kier alpha value is -2.64. The summed E-state index contributed by atoms with van der Waals surface area (Å²) in [7, 11) is 0. The summed E-state index contributed by atoms with van der Waals surface area (Å²) in [4.78, 5) is 53.5. The van der Waals surface area contributed by atoms with Gasteiger partial charge in [0, 0.05) is 25.7 Å². The van der Waals surface area contributed by atoms with E-state index in [-0.39, 0.29) is 76.0 Å². The lowest BCUT2D eigenvalue weighted by Gasteiger charge is -2.31. The molecule has 0 heterocycles. The Morgan fingerprint density at radius 3 is 0.518 bits per heavy atom. The van der Waals surface area contributed by atoms with E-state index >= 15 is 0 Å². The van der Waals surface area contributed by atoms with Crippen molar-refractivity contribution in [3.63, 3.8) is 0 Å². The molecule has 0 atom stereocenters. The summed E-state index contributed by atoms with van der Waals surface area (Å²) in [5.41, 5.74) is -1.22. The summed E-state index contributed by atoms with van der Waals surface area (Å²) in [5, 5.41) is 0. The summed E-state index contributed by atoms with van der Waals surface area (Å²) < 4.78 is 23.9. The van der Waals surface area contributed by atoms with Gasteiger partial charge in [-0.3, -0.25) is 19.2 Å². The second-order valence-electron chi connectivity index (χ2n) is 26.2. The number of carbonyl (C=O) groups excluding carboxylic acids is 4. The van der Waals surface area contributed by atoms with Gasteiger partial charge in [-0.1, -0.05) is 335 Å². The summed E-state index contributed by atoms with van der Waals surface area (Å²) in [5.74, 6) is -1.34. The highest BCUT2D eigenvalue weighted by atomic mass is 16.6. The summed E-state index contributed by atoms with van der Waals surface area (Å²) in [6.07, 6.45) is 78.6. The normalized spacial score (nSPS) is 11.8. The maximum atomic E-state index is 13.4. The molecular formula is C77H144O8. The van der Waals surface area contributed by atoms with E-state index in [1.807, 2.05) is 0 Å². The molecule has 0 unspecified atom stereocenters. The molecule has 0 amide bonds. The van der Waals surface area contributed by atoms with E-state index in [0.29, 0.717) is 0 Å². The van der Waals surface area contributed by atoms with Gasteiger partial charge >= 0.3 is 23.9 Å². The Morgan fingerprint density at radius 1 is 0.212 bits per heavy atom. The van der Waals surface area contributed by atoms with E-state index in [0.717, 1.165) is 116 Å². The van der Waals surface area contributed by atoms with Crippen LogP contribution in [0.5, 0.6) is 0 Å². The molecular weight excluding hydrogens is 1050 g/mol. The standard InChI is InChI=1S/C77H144O8/c1-5-9-13-17-21-25-29-33-37-41-45-49-53-57-61-65-73(78)82-69-77(70-83-74(79)66-62-58-54-50-46-42-38-34-30-26-22-18-14-10-6-2,71-84-75(80)67-63-59-55-51-47-43-39-35-31-27-23-19-15-11-7-3)72-85-76(81)68-64-60-56-52-48-44-40-36-32-28-24-20-16-12-8-4/h33-34,37-38H,5-32,35-36,39-72H2,1-4H3/b37-33+,38-34+. The van der Waals surface area contributed by atoms with Crippen LogP contribution in [-0.4, -0.2) is 50.3 Å². The van der Waals surface area contributed by atoms with Crippen molar-refractivity contribution < 1.29 is 38.1 Å². The Labute approximate surface area is 528 Å². The topological polar surface area (TPSA) is 105 Å². The van der Waals surface area contributed by atoms with Gasteiger partial charge in [0.1, 0.15) is 31.8 Å². The average molecular weight is 1200 g/mol. The minimum absolute atomic E-state index is 0.168. The van der Waals surface area contributed by atoms with Gasteiger partial charge in [0.25, 0.3) is 0 Å². The largest absolute Gasteiger partial charge is 0.465 e. The maximum Gasteiger partial charge on any atom is 0.305 e. The van der Waals surface area contributed by atoms with Crippen molar-refractivity contribution >= 4 is 23.9 Å². The van der Waals surface area contributed by atoms with Crippen molar-refractivity contribution in [3.8, 4) is 0 Å². The van der Waals surface area contributed by atoms with E-state index in [1.165, 1.54) is 244 Å². The molecule has 0 fully saturated rings. The van der Waals surface area contributed by atoms with Crippen LogP contribution in [0.2, 0.25) is 0 Å². The molecule has 0 bridgehead atoms. The molecule has 0 saturated heterocycles. The fourth-order valence-electron chi connectivity index (χ4n) is 11.4. The Morgan fingerprint density at radius 2 is 0.353 bits per heavy atom. The molecule has 0 aromatic heterocycles. The van der Waals surface area contributed by atoms with Crippen LogP contribution in [0.25, 0.3) is 0 Å². The van der Waals surface area contributed by atoms with Crippen molar-refractivity contribution in [3.05, 3.63) is 24.3 Å². The number of esters is 4. The SMILES string of the molecule is CCCCCCCC/C=C/CCCCCCCC(=O)OCC(COC(=O)CCCCCCC/C=C/CCCCCCCC)(COC(=O)CCCCCCCCCCCCCCCCC)COC(=O)CCCCCCCCCCCCCCCCC. The summed E-state index contributed by atoms with van der Waals surface area (Å²) >= 11 is 0. The van der Waals surface area contributed by atoms with Gasteiger partial charge < -0.3 is 18.9 Å². The molecule has 0 aromatic carbocycles. The number of hydrogen-bond donors (Lipinski definition) is 0. The lowest BCUT2D eigenvalue weighted by Crippen LogP contribution is -2.44. The zero-order valence-corrected chi connectivity index (χ0v) is 57.3. The first-order chi connectivity index (χ1) is 41.8. The lowest BCUT2D eigenvalue weighted by atomic mass is 9.92. The number of rotatable bonds is 70. The molecule has 500 valence electrons. The van der Waals surface area contributed by atoms with Crippen molar-refractivity contribution in [1.29, 1.82) is 0 Å². The maximum absolute atomic E-state index is 13.4. The fraction of sp³-hybridized carbons (Fsp3) is 0.896. The van der Waals surface area contributed by atoms with Crippen LogP contribution < -0.4 is 0 Å². The molecule has 8 heteroatoms. The van der Waals surface area contributed by atoms with Crippen LogP contribution in [-0.2, 0) is 38.1 Å². The zero-order valence-electron chi connectivity index (χ0n) is 57.3. The second kappa shape index (κ2) is 68.8. The highest BCUT2D eigenvalue weighted by molar-refractivity contribution is 5.71. The van der Waals surface area contributed by atoms with Crippen molar-refractivity contribution in [2.45, 2.75) is 413 Å². The number of carbonyl (C=O) groups is 4. The van der Waals surface area contributed by atoms with Crippen molar-refractivity contribution in [2.24, 2.45) is 5.41 Å². The van der Waals surface area contributed by atoms with Gasteiger partial charge in [-0.05, 0) is 77.0 Å². The number of hydrogen-bond acceptors (Lipinski definition) is 8. The van der Waals surface area contributed by atoms with Crippen LogP contribution in [0, 0.1) is 5.41 Å². The Bertz CT molecular complexity index is 1360. The molecule has 0 saturated carbocycles. The van der Waals surface area contributed by atoms with E-state index < -0.39 is 5.41 Å². The van der Waals surface area contributed by atoms with Gasteiger partial charge in [-0.25, -0.2) is 0 Å². The summed E-state index contributed by atoms with van der Waals surface area (Å²) in [6, 6.07) is 0. The van der Waals surface area contributed by atoms with Crippen LogP contribution in [0.4, 0.5) is 0 Å². The molecule has 0 N–H and O–H groups in total. The van der Waals surface area contributed by atoms with E-state index in [9.17, 15) is 19.2 Å². The highest BCUT2D eigenvalue weighted by Gasteiger charge is 2.38. The lowest BCUT2D eigenvalue weighted by molar-refractivity contribution is -0.170. The van der Waals surface area contributed by atoms with Gasteiger partial charge in [-0.15, -0.1) is 0 Å². The average Bonchev–Trinajstić information content (AvgIpc) is 3.60. The van der Waals surface area contributed by atoms with Crippen LogP contribution in [0.15, 0.2) is 24.3 Å². The van der Waals surface area contributed by atoms with E-state index in [2.05, 4.69) is 52.0 Å². The third-order valence-electron chi connectivity index (χ3n) is 17.4. The van der Waals surface area contributed by atoms with Gasteiger partial charge in [0.15, 0.2) is 0 Å². The first-order valence-corrected chi connectivity index (χ1v) is 37.7. The third-order valence-corrected chi connectivity index (χ3v) is 17.4. The quantitative estimate of drug-likeness (QED) is 0.0257. The second-order valence-corrected chi connectivity index (χ2v) is 26.2. The Balaban J connectivity index is 5.46. The van der Waals surface area contributed by atoms with Crippen LogP contribution in [0.1, 0.15) is 413 Å². The molecule has 0 aliphatic carbocycles. The fourth-order valence-corrected chi connectivity index (χ4v) is 11.4. The highest BCUT2D eigenvalue weighted by Crippen LogP contribution is 2.25. The van der Waals surface area contributed by atoms with Gasteiger partial charge in [-0.2, -0.15) is 0 Å². The molecule has 8 nitrogen and oxygen atoms in total. The molecule has 0 aromatic rings. The first kappa shape index (κ1) is 82.4. The minimum atomic E-state index is -1.22. The van der Waals surface area contributed by atoms with E-state index in [4.69, 9.17) is 18.9 Å². The van der Waals surface area contributed by atoms with Crippen LogP contribution in [0.3, 0.4) is 0 Å². The summed E-state index contributed by atoms with van der Waals surface area (Å²) in [6.45, 7) is 8.40. The molecule has 0 aliphatic heterocycles. The van der Waals surface area contributed by atoms with Crippen molar-refractivity contribution in [2.75, 3.05) is 26.4 Å². The first-order valence-electron chi connectivity index (χ1n) is 37.7. The predicted molar refractivity (Wildman–Crippen MR) is 364 cm³/mol. The number of allylic oxidation sites excluding steroid dienone is 4. The predicted octanol–water partition coefficient (Wildman–Crippen LogP) is 24.7. The monoisotopic (exact) mass is 1200 g/mol. The smallest absolute Gasteiger partial charge is 0.305 e. The zero-order chi connectivity index (χ0) is 61.7. The van der Waals surface area contributed by atoms with Crippen LogP contribution >= 0.6 is 0 Å². The third kappa shape index (κ3) is 64.2. The number of unbranched alkanes of at least 4 members (excludes halogenated alkanes) is 50. The number of ether oxygens (including phenoxy) is 4.